The van der Waals surface area contributed by atoms with Crippen LogP contribution in [0.1, 0.15) is 17.6 Å². The average molecular weight is 373 g/mol. The quantitative estimate of drug-likeness (QED) is 0.822. The lowest BCUT2D eigenvalue weighted by molar-refractivity contribution is -0.143. The lowest BCUT2D eigenvalue weighted by atomic mass is 10.2. The van der Waals surface area contributed by atoms with Gasteiger partial charge in [-0.1, -0.05) is 19.1 Å². The molecular weight excluding hydrogens is 350 g/mol. The smallest absolute Gasteiger partial charge is 0.267 e. The van der Waals surface area contributed by atoms with Crippen LogP contribution in [0.4, 0.5) is 0 Å². The van der Waals surface area contributed by atoms with E-state index in [1.807, 2.05) is 29.2 Å². The fraction of sp³-hybridized carbons (Fsp3) is 0.474. The number of nitrogens with zero attached hydrogens (tertiary/aromatic N) is 3. The highest BCUT2D eigenvalue weighted by Crippen LogP contribution is 2.31. The van der Waals surface area contributed by atoms with E-state index >= 15 is 0 Å². The summed E-state index contributed by atoms with van der Waals surface area (Å²) in [6, 6.07) is 7.48. The van der Waals surface area contributed by atoms with Crippen molar-refractivity contribution >= 4 is 17.2 Å². The van der Waals surface area contributed by atoms with Crippen molar-refractivity contribution < 1.29 is 14.3 Å². The van der Waals surface area contributed by atoms with Crippen molar-refractivity contribution in [1.29, 1.82) is 0 Å². The molecule has 0 spiro atoms. The van der Waals surface area contributed by atoms with Crippen LogP contribution in [0.15, 0.2) is 29.6 Å². The first-order valence-electron chi connectivity index (χ1n) is 9.06. The van der Waals surface area contributed by atoms with Gasteiger partial charge < -0.3 is 14.4 Å². The third-order valence-corrected chi connectivity index (χ3v) is 5.80. The molecule has 0 aliphatic carbocycles. The third-order valence-electron chi connectivity index (χ3n) is 4.76. The van der Waals surface area contributed by atoms with Crippen molar-refractivity contribution in [3.63, 3.8) is 0 Å². The molecule has 6 nitrogen and oxygen atoms in total. The van der Waals surface area contributed by atoms with E-state index in [0.717, 1.165) is 31.7 Å². The van der Waals surface area contributed by atoms with Crippen LogP contribution >= 0.6 is 11.3 Å². The van der Waals surface area contributed by atoms with Gasteiger partial charge in [-0.2, -0.15) is 0 Å². The number of aryl methyl sites for hydroxylation is 1. The Bertz CT molecular complexity index is 771. The summed E-state index contributed by atoms with van der Waals surface area (Å²) in [5.74, 6) is 1.36. The van der Waals surface area contributed by atoms with Gasteiger partial charge in [-0.3, -0.25) is 9.69 Å². The van der Waals surface area contributed by atoms with Crippen molar-refractivity contribution in [1.82, 2.24) is 14.8 Å². The second-order valence-corrected chi connectivity index (χ2v) is 7.49. The lowest BCUT2D eigenvalue weighted by Crippen LogP contribution is -2.53. The average Bonchev–Trinajstić information content (AvgIpc) is 3.15. The number of thiazole rings is 1. The van der Waals surface area contributed by atoms with Crippen LogP contribution in [0, 0.1) is 0 Å². The Labute approximate surface area is 157 Å². The Morgan fingerprint density at radius 1 is 1.23 bits per heavy atom. The molecule has 0 radical (unpaired) electrons. The minimum absolute atomic E-state index is 0.0149. The zero-order valence-electron chi connectivity index (χ0n) is 14.9. The fourth-order valence-electron chi connectivity index (χ4n) is 3.28. The Morgan fingerprint density at radius 3 is 2.73 bits per heavy atom. The SMILES string of the molecule is CCc1nc(CN2CCN(C(=O)C3COc4ccccc4O3)CC2)cs1. The molecule has 1 aromatic heterocycles. The minimum Gasteiger partial charge on any atom is -0.485 e. The van der Waals surface area contributed by atoms with E-state index in [1.54, 1.807) is 11.3 Å². The predicted octanol–water partition coefficient (Wildman–Crippen LogP) is 2.19. The van der Waals surface area contributed by atoms with Crippen LogP contribution in [0.3, 0.4) is 0 Å². The molecule has 138 valence electrons. The number of amides is 1. The molecule has 0 saturated carbocycles. The summed E-state index contributed by atoms with van der Waals surface area (Å²) >= 11 is 1.72. The summed E-state index contributed by atoms with van der Waals surface area (Å²) < 4.78 is 11.5. The maximum Gasteiger partial charge on any atom is 0.267 e. The summed E-state index contributed by atoms with van der Waals surface area (Å²) in [6.45, 7) is 6.39. The highest BCUT2D eigenvalue weighted by atomic mass is 32.1. The van der Waals surface area contributed by atoms with E-state index in [9.17, 15) is 4.79 Å². The van der Waals surface area contributed by atoms with Gasteiger partial charge in [0.15, 0.2) is 11.5 Å². The Balaban J connectivity index is 1.30. The number of hydrogen-bond acceptors (Lipinski definition) is 6. The van der Waals surface area contributed by atoms with Gasteiger partial charge in [0.05, 0.1) is 10.7 Å². The number of rotatable bonds is 4. The molecule has 0 bridgehead atoms. The first-order chi connectivity index (χ1) is 12.7. The number of carbonyl (C=O) groups excluding carboxylic acids is 1. The number of para-hydroxylation sites is 2. The van der Waals surface area contributed by atoms with Gasteiger partial charge in [-0.15, -0.1) is 11.3 Å². The van der Waals surface area contributed by atoms with Crippen LogP contribution in [0.25, 0.3) is 0 Å². The molecule has 1 fully saturated rings. The largest absolute Gasteiger partial charge is 0.485 e. The molecular formula is C19H23N3O3S. The lowest BCUT2D eigenvalue weighted by Gasteiger charge is -2.36. The minimum atomic E-state index is -0.554. The summed E-state index contributed by atoms with van der Waals surface area (Å²) in [6.07, 6.45) is 0.432. The molecule has 2 aliphatic heterocycles. The van der Waals surface area contributed by atoms with E-state index in [-0.39, 0.29) is 12.5 Å². The molecule has 1 atom stereocenters. The molecule has 2 aromatic rings. The number of hydrogen-bond donors (Lipinski definition) is 0. The molecule has 1 saturated heterocycles. The van der Waals surface area contributed by atoms with E-state index in [1.165, 1.54) is 5.01 Å². The molecule has 1 amide bonds. The van der Waals surface area contributed by atoms with E-state index in [0.29, 0.717) is 24.6 Å². The maximum absolute atomic E-state index is 12.8. The van der Waals surface area contributed by atoms with Crippen molar-refractivity contribution in [2.24, 2.45) is 0 Å². The van der Waals surface area contributed by atoms with Crippen LogP contribution in [0.2, 0.25) is 0 Å². The normalized spacial score (nSPS) is 20.2. The van der Waals surface area contributed by atoms with E-state index in [2.05, 4.69) is 22.2 Å². The molecule has 26 heavy (non-hydrogen) atoms. The topological polar surface area (TPSA) is 54.9 Å². The molecule has 3 heterocycles. The number of aromatic nitrogens is 1. The second kappa shape index (κ2) is 7.63. The maximum atomic E-state index is 12.8. The van der Waals surface area contributed by atoms with E-state index < -0.39 is 6.10 Å². The van der Waals surface area contributed by atoms with Crippen LogP contribution < -0.4 is 9.47 Å². The van der Waals surface area contributed by atoms with Gasteiger partial charge in [0.25, 0.3) is 5.91 Å². The van der Waals surface area contributed by atoms with Gasteiger partial charge in [0.2, 0.25) is 6.10 Å². The zero-order valence-corrected chi connectivity index (χ0v) is 15.7. The van der Waals surface area contributed by atoms with Crippen molar-refractivity contribution in [3.8, 4) is 11.5 Å². The summed E-state index contributed by atoms with van der Waals surface area (Å²) in [5.41, 5.74) is 1.13. The van der Waals surface area contributed by atoms with Crippen LogP contribution in [0.5, 0.6) is 11.5 Å². The van der Waals surface area contributed by atoms with Crippen LogP contribution in [-0.4, -0.2) is 59.6 Å². The fourth-order valence-corrected chi connectivity index (χ4v) is 4.02. The van der Waals surface area contributed by atoms with Crippen LogP contribution in [-0.2, 0) is 17.8 Å². The van der Waals surface area contributed by atoms with Gasteiger partial charge >= 0.3 is 0 Å². The molecule has 2 aliphatic rings. The number of piperazine rings is 1. The zero-order chi connectivity index (χ0) is 17.9. The van der Waals surface area contributed by atoms with Gasteiger partial charge in [-0.05, 0) is 18.6 Å². The number of benzene rings is 1. The highest BCUT2D eigenvalue weighted by Gasteiger charge is 2.32. The van der Waals surface area contributed by atoms with Crippen molar-refractivity contribution in [3.05, 3.63) is 40.3 Å². The highest BCUT2D eigenvalue weighted by molar-refractivity contribution is 7.09. The summed E-state index contributed by atoms with van der Waals surface area (Å²) in [4.78, 5) is 21.6. The van der Waals surface area contributed by atoms with Gasteiger partial charge in [-0.25, -0.2) is 4.98 Å². The second-order valence-electron chi connectivity index (χ2n) is 6.55. The monoisotopic (exact) mass is 373 g/mol. The van der Waals surface area contributed by atoms with Gasteiger partial charge in [0.1, 0.15) is 6.61 Å². The Morgan fingerprint density at radius 2 is 2.00 bits per heavy atom. The first kappa shape index (κ1) is 17.3. The Hall–Kier alpha value is -2.12. The van der Waals surface area contributed by atoms with Crippen molar-refractivity contribution in [2.75, 3.05) is 32.8 Å². The molecule has 1 aromatic carbocycles. The Kier molecular flexibility index (Phi) is 5.08. The summed E-state index contributed by atoms with van der Waals surface area (Å²) in [7, 11) is 0. The van der Waals surface area contributed by atoms with Gasteiger partial charge in [0, 0.05) is 38.1 Å². The number of carbonyl (C=O) groups is 1. The number of fused-ring (bicyclic) bond motifs is 1. The molecule has 4 rings (SSSR count). The third kappa shape index (κ3) is 3.68. The summed E-state index contributed by atoms with van der Waals surface area (Å²) in [5, 5.41) is 3.32. The first-order valence-corrected chi connectivity index (χ1v) is 9.94. The molecule has 7 heteroatoms. The standard InChI is InChI=1S/C19H23N3O3S/c1-2-18-20-14(13-26-18)11-21-7-9-22(10-8-21)19(23)17-12-24-15-5-3-4-6-16(15)25-17/h3-6,13,17H,2,7-12H2,1H3. The van der Waals surface area contributed by atoms with Crippen molar-refractivity contribution in [2.45, 2.75) is 26.0 Å². The van der Waals surface area contributed by atoms with E-state index in [4.69, 9.17) is 9.47 Å². The molecule has 1 unspecified atom stereocenters. The molecule has 0 N–H and O–H groups in total. The number of ether oxygens (including phenoxy) is 2. The predicted molar refractivity (Wildman–Crippen MR) is 99.7 cm³/mol.